The Labute approximate surface area is 144 Å². The second-order valence-corrected chi connectivity index (χ2v) is 6.70. The zero-order chi connectivity index (χ0) is 15.7. The highest BCUT2D eigenvalue weighted by Gasteiger charge is 2.13. The highest BCUT2D eigenvalue weighted by atomic mass is 79.9. The molecule has 1 aromatic heterocycles. The lowest BCUT2D eigenvalue weighted by Crippen LogP contribution is -2.19. The van der Waals surface area contributed by atoms with E-state index in [-0.39, 0.29) is 5.56 Å². The lowest BCUT2D eigenvalue weighted by Gasteiger charge is -2.13. The van der Waals surface area contributed by atoms with Gasteiger partial charge in [0, 0.05) is 27.1 Å². The van der Waals surface area contributed by atoms with E-state index in [1.807, 2.05) is 48.5 Å². The van der Waals surface area contributed by atoms with Crippen molar-refractivity contribution in [1.29, 1.82) is 0 Å². The van der Waals surface area contributed by atoms with Crippen molar-refractivity contribution in [3.05, 3.63) is 74.0 Å². The Morgan fingerprint density at radius 2 is 1.36 bits per heavy atom. The second-order valence-electron chi connectivity index (χ2n) is 4.87. The van der Waals surface area contributed by atoms with Gasteiger partial charge in [-0.2, -0.15) is 0 Å². The molecule has 0 saturated carbocycles. The van der Waals surface area contributed by atoms with Crippen LogP contribution in [0.1, 0.15) is 0 Å². The van der Waals surface area contributed by atoms with Crippen LogP contribution in [0.2, 0.25) is 0 Å². The van der Waals surface area contributed by atoms with Crippen molar-refractivity contribution in [1.82, 2.24) is 9.55 Å². The zero-order valence-corrected chi connectivity index (χ0v) is 14.9. The zero-order valence-electron chi connectivity index (χ0n) is 11.8. The van der Waals surface area contributed by atoms with E-state index in [1.165, 1.54) is 6.20 Å². The summed E-state index contributed by atoms with van der Waals surface area (Å²) in [6.45, 7) is 0. The predicted octanol–water partition coefficient (Wildman–Crippen LogP) is 4.64. The Kier molecular flexibility index (Phi) is 4.27. The number of halogens is 2. The van der Waals surface area contributed by atoms with Gasteiger partial charge in [0.2, 0.25) is 0 Å². The molecule has 2 aromatic carbocycles. The SMILES string of the molecule is Cn1c(-c2ccc(Br)cc2)c(-c2ccc(Br)cc2)ncc1=O. The molecule has 5 heteroatoms. The van der Waals surface area contributed by atoms with Crippen LogP contribution in [-0.2, 0) is 7.05 Å². The minimum absolute atomic E-state index is 0.126. The van der Waals surface area contributed by atoms with E-state index in [2.05, 4.69) is 36.8 Å². The van der Waals surface area contributed by atoms with Gasteiger partial charge in [-0.3, -0.25) is 4.79 Å². The first kappa shape index (κ1) is 15.2. The van der Waals surface area contributed by atoms with Crippen LogP contribution >= 0.6 is 31.9 Å². The maximum atomic E-state index is 12.0. The fraction of sp³-hybridized carbons (Fsp3) is 0.0588. The number of nitrogens with zero attached hydrogens (tertiary/aromatic N) is 2. The lowest BCUT2D eigenvalue weighted by atomic mass is 10.0. The Bertz CT molecular complexity index is 869. The quantitative estimate of drug-likeness (QED) is 0.606. The first-order valence-corrected chi connectivity index (χ1v) is 8.23. The number of hydrogen-bond acceptors (Lipinski definition) is 2. The molecule has 0 atom stereocenters. The van der Waals surface area contributed by atoms with Crippen LogP contribution in [0.25, 0.3) is 22.5 Å². The summed E-state index contributed by atoms with van der Waals surface area (Å²) < 4.78 is 3.63. The van der Waals surface area contributed by atoms with Crippen LogP contribution in [0, 0.1) is 0 Å². The smallest absolute Gasteiger partial charge is 0.269 e. The minimum Gasteiger partial charge on any atom is -0.308 e. The van der Waals surface area contributed by atoms with Crippen molar-refractivity contribution in [2.45, 2.75) is 0 Å². The van der Waals surface area contributed by atoms with Crippen LogP contribution in [0.15, 0.2) is 68.5 Å². The number of rotatable bonds is 2. The molecule has 0 radical (unpaired) electrons. The molecule has 22 heavy (non-hydrogen) atoms. The molecule has 0 amide bonds. The van der Waals surface area contributed by atoms with Gasteiger partial charge in [-0.25, -0.2) is 4.98 Å². The van der Waals surface area contributed by atoms with Crippen LogP contribution in [0.5, 0.6) is 0 Å². The average molecular weight is 420 g/mol. The van der Waals surface area contributed by atoms with Gasteiger partial charge in [-0.1, -0.05) is 56.1 Å². The van der Waals surface area contributed by atoms with Crippen molar-refractivity contribution in [3.8, 4) is 22.5 Å². The van der Waals surface area contributed by atoms with Crippen LogP contribution in [0.3, 0.4) is 0 Å². The number of benzene rings is 2. The largest absolute Gasteiger partial charge is 0.308 e. The summed E-state index contributed by atoms with van der Waals surface area (Å²) in [7, 11) is 1.77. The van der Waals surface area contributed by atoms with Crippen molar-refractivity contribution in [3.63, 3.8) is 0 Å². The van der Waals surface area contributed by atoms with Gasteiger partial charge in [0.05, 0.1) is 17.6 Å². The Hall–Kier alpha value is -1.72. The number of hydrogen-bond donors (Lipinski definition) is 0. The topological polar surface area (TPSA) is 34.9 Å². The third-order valence-electron chi connectivity index (χ3n) is 3.43. The summed E-state index contributed by atoms with van der Waals surface area (Å²) >= 11 is 6.87. The third-order valence-corrected chi connectivity index (χ3v) is 4.49. The maximum absolute atomic E-state index is 12.0. The molecule has 0 aliphatic heterocycles. The maximum Gasteiger partial charge on any atom is 0.269 e. The summed E-state index contributed by atoms with van der Waals surface area (Å²) in [5.74, 6) is 0. The van der Waals surface area contributed by atoms with Crippen LogP contribution in [0.4, 0.5) is 0 Å². The minimum atomic E-state index is -0.126. The summed E-state index contributed by atoms with van der Waals surface area (Å²) in [5.41, 5.74) is 3.39. The van der Waals surface area contributed by atoms with E-state index in [0.717, 1.165) is 31.5 Å². The predicted molar refractivity (Wildman–Crippen MR) is 95.8 cm³/mol. The molecule has 0 N–H and O–H groups in total. The lowest BCUT2D eigenvalue weighted by molar-refractivity contribution is 0.854. The van der Waals surface area contributed by atoms with Gasteiger partial charge in [-0.05, 0) is 24.3 Å². The van der Waals surface area contributed by atoms with Gasteiger partial charge >= 0.3 is 0 Å². The molecule has 0 aliphatic carbocycles. The molecule has 110 valence electrons. The monoisotopic (exact) mass is 418 g/mol. The normalized spacial score (nSPS) is 10.7. The first-order chi connectivity index (χ1) is 10.6. The molecule has 0 saturated heterocycles. The Balaban J connectivity index is 2.27. The van der Waals surface area contributed by atoms with E-state index in [9.17, 15) is 4.79 Å². The van der Waals surface area contributed by atoms with Gasteiger partial charge in [0.25, 0.3) is 5.56 Å². The van der Waals surface area contributed by atoms with E-state index in [4.69, 9.17) is 0 Å². The fourth-order valence-corrected chi connectivity index (χ4v) is 2.82. The van der Waals surface area contributed by atoms with E-state index >= 15 is 0 Å². The highest BCUT2D eigenvalue weighted by Crippen LogP contribution is 2.30. The van der Waals surface area contributed by atoms with E-state index in [0.29, 0.717) is 0 Å². The van der Waals surface area contributed by atoms with Crippen LogP contribution in [-0.4, -0.2) is 9.55 Å². The van der Waals surface area contributed by atoms with Gasteiger partial charge in [0.1, 0.15) is 0 Å². The van der Waals surface area contributed by atoms with Gasteiger partial charge in [-0.15, -0.1) is 0 Å². The summed E-state index contributed by atoms with van der Waals surface area (Å²) in [6.07, 6.45) is 1.36. The average Bonchev–Trinajstić information content (AvgIpc) is 2.52. The Morgan fingerprint density at radius 1 is 0.864 bits per heavy atom. The molecule has 0 fully saturated rings. The van der Waals surface area contributed by atoms with Crippen LogP contribution < -0.4 is 5.56 Å². The molecule has 0 aliphatic rings. The standard InChI is InChI=1S/C17H12Br2N2O/c1-21-15(22)10-20-16(11-2-6-13(18)7-3-11)17(21)12-4-8-14(19)9-5-12/h2-10H,1H3. The summed E-state index contributed by atoms with van der Waals surface area (Å²) in [6, 6.07) is 15.8. The fourth-order valence-electron chi connectivity index (χ4n) is 2.29. The molecule has 3 rings (SSSR count). The first-order valence-electron chi connectivity index (χ1n) is 6.64. The second kappa shape index (κ2) is 6.18. The van der Waals surface area contributed by atoms with E-state index < -0.39 is 0 Å². The van der Waals surface area contributed by atoms with Gasteiger partial charge < -0.3 is 4.57 Å². The molecule has 0 unspecified atom stereocenters. The molecular formula is C17H12Br2N2O. The summed E-state index contributed by atoms with van der Waals surface area (Å²) in [4.78, 5) is 16.4. The van der Waals surface area contributed by atoms with Crippen molar-refractivity contribution < 1.29 is 0 Å². The van der Waals surface area contributed by atoms with Crippen molar-refractivity contribution >= 4 is 31.9 Å². The third kappa shape index (κ3) is 2.91. The summed E-state index contributed by atoms with van der Waals surface area (Å²) in [5, 5.41) is 0. The highest BCUT2D eigenvalue weighted by molar-refractivity contribution is 9.10. The van der Waals surface area contributed by atoms with Gasteiger partial charge in [0.15, 0.2) is 0 Å². The Morgan fingerprint density at radius 3 is 1.91 bits per heavy atom. The number of aromatic nitrogens is 2. The molecule has 0 spiro atoms. The molecule has 3 aromatic rings. The molecule has 1 heterocycles. The molecule has 0 bridgehead atoms. The van der Waals surface area contributed by atoms with Crippen molar-refractivity contribution in [2.24, 2.45) is 7.05 Å². The van der Waals surface area contributed by atoms with E-state index in [1.54, 1.807) is 11.6 Å². The molecular weight excluding hydrogens is 408 g/mol. The van der Waals surface area contributed by atoms with Crippen molar-refractivity contribution in [2.75, 3.05) is 0 Å². The molecule has 3 nitrogen and oxygen atoms in total.